The van der Waals surface area contributed by atoms with Gasteiger partial charge in [-0.15, -0.1) is 0 Å². The molecule has 8 heteroatoms. The Bertz CT molecular complexity index is 911. The molecule has 1 atom stereocenters. The van der Waals surface area contributed by atoms with E-state index < -0.39 is 0 Å². The van der Waals surface area contributed by atoms with E-state index in [0.717, 1.165) is 17.8 Å². The fraction of sp³-hybridized carbons (Fsp3) is 0.286. The summed E-state index contributed by atoms with van der Waals surface area (Å²) in [6.45, 7) is 5.75. The molecule has 0 spiro atoms. The average molecular weight is 396 g/mol. The molecule has 1 aromatic heterocycles. The predicted molar refractivity (Wildman–Crippen MR) is 111 cm³/mol. The van der Waals surface area contributed by atoms with Crippen molar-refractivity contribution in [1.82, 2.24) is 25.4 Å². The number of halogens is 1. The van der Waals surface area contributed by atoms with Crippen molar-refractivity contribution < 1.29 is 9.13 Å². The fourth-order valence-electron chi connectivity index (χ4n) is 2.66. The summed E-state index contributed by atoms with van der Waals surface area (Å²) in [5.41, 5.74) is 2.03. The van der Waals surface area contributed by atoms with E-state index in [9.17, 15) is 4.39 Å². The van der Waals surface area contributed by atoms with Crippen molar-refractivity contribution in [3.05, 3.63) is 72.6 Å². The monoisotopic (exact) mass is 396 g/mol. The average Bonchev–Trinajstić information content (AvgIpc) is 3.25. The smallest absolute Gasteiger partial charge is 0.191 e. The van der Waals surface area contributed by atoms with Crippen molar-refractivity contribution in [1.29, 1.82) is 0 Å². The molecule has 0 saturated carbocycles. The normalized spacial score (nSPS) is 12.4. The summed E-state index contributed by atoms with van der Waals surface area (Å²) < 4.78 is 20.7. The van der Waals surface area contributed by atoms with E-state index in [4.69, 9.17) is 4.74 Å². The van der Waals surface area contributed by atoms with Gasteiger partial charge < -0.3 is 15.4 Å². The van der Waals surface area contributed by atoms with Crippen LogP contribution < -0.4 is 15.4 Å². The Labute approximate surface area is 169 Å². The molecule has 3 aromatic rings. The molecule has 3 rings (SSSR count). The van der Waals surface area contributed by atoms with Crippen molar-refractivity contribution in [3.63, 3.8) is 0 Å². The second-order valence-corrected chi connectivity index (χ2v) is 6.47. The molecule has 1 heterocycles. The molecule has 0 amide bonds. The molecule has 29 heavy (non-hydrogen) atoms. The molecule has 0 aliphatic heterocycles. The topological polar surface area (TPSA) is 76.4 Å². The first-order valence-electron chi connectivity index (χ1n) is 9.52. The number of hydrogen-bond acceptors (Lipinski definition) is 4. The number of hydrogen-bond donors (Lipinski definition) is 2. The van der Waals surface area contributed by atoms with Crippen LogP contribution in [-0.4, -0.2) is 39.9 Å². The molecule has 2 N–H and O–H groups in total. The van der Waals surface area contributed by atoms with Gasteiger partial charge in [-0.3, -0.25) is 0 Å². The third-order valence-corrected chi connectivity index (χ3v) is 4.07. The van der Waals surface area contributed by atoms with E-state index >= 15 is 0 Å². The number of nitrogens with zero attached hydrogens (tertiary/aromatic N) is 4. The summed E-state index contributed by atoms with van der Waals surface area (Å²) >= 11 is 0. The first kappa shape index (κ1) is 20.3. The highest BCUT2D eigenvalue weighted by molar-refractivity contribution is 5.79. The van der Waals surface area contributed by atoms with Gasteiger partial charge in [0.2, 0.25) is 0 Å². The third-order valence-electron chi connectivity index (χ3n) is 4.07. The Morgan fingerprint density at radius 1 is 1.21 bits per heavy atom. The van der Waals surface area contributed by atoms with Crippen LogP contribution in [0, 0.1) is 5.82 Å². The first-order chi connectivity index (χ1) is 14.1. The number of nitrogens with one attached hydrogen (secondary N) is 2. The van der Waals surface area contributed by atoms with Crippen LogP contribution >= 0.6 is 0 Å². The van der Waals surface area contributed by atoms with Gasteiger partial charge in [0.25, 0.3) is 0 Å². The van der Waals surface area contributed by atoms with Gasteiger partial charge in [-0.05, 0) is 43.7 Å². The van der Waals surface area contributed by atoms with Gasteiger partial charge in [0.05, 0.1) is 18.8 Å². The molecule has 0 aliphatic rings. The van der Waals surface area contributed by atoms with E-state index in [1.54, 1.807) is 23.1 Å². The molecule has 0 fully saturated rings. The minimum absolute atomic E-state index is 0.150. The van der Waals surface area contributed by atoms with Gasteiger partial charge >= 0.3 is 0 Å². The summed E-state index contributed by atoms with van der Waals surface area (Å²) in [5, 5.41) is 10.6. The highest BCUT2D eigenvalue weighted by Gasteiger charge is 2.07. The van der Waals surface area contributed by atoms with Gasteiger partial charge in [0.15, 0.2) is 5.96 Å². The zero-order chi connectivity index (χ0) is 20.5. The Balaban J connectivity index is 1.53. The van der Waals surface area contributed by atoms with E-state index in [1.807, 2.05) is 38.1 Å². The number of rotatable bonds is 8. The zero-order valence-electron chi connectivity index (χ0n) is 16.5. The molecule has 152 valence electrons. The zero-order valence-corrected chi connectivity index (χ0v) is 16.5. The van der Waals surface area contributed by atoms with Crippen LogP contribution in [-0.2, 0) is 6.54 Å². The first-order valence-corrected chi connectivity index (χ1v) is 9.52. The van der Waals surface area contributed by atoms with Gasteiger partial charge in [0, 0.05) is 12.6 Å². The number of aliphatic imine (C=N–C) groups is 1. The van der Waals surface area contributed by atoms with Gasteiger partial charge in [-0.25, -0.2) is 19.0 Å². The number of aromatic nitrogens is 3. The van der Waals surface area contributed by atoms with Crippen LogP contribution in [0.15, 0.2) is 66.2 Å². The van der Waals surface area contributed by atoms with Gasteiger partial charge in [-0.2, -0.15) is 5.10 Å². The molecule has 0 bridgehead atoms. The van der Waals surface area contributed by atoms with E-state index in [0.29, 0.717) is 24.8 Å². The molecular weight excluding hydrogens is 371 g/mol. The molecule has 0 radical (unpaired) electrons. The Hall–Kier alpha value is -3.42. The second-order valence-electron chi connectivity index (χ2n) is 6.47. The maximum Gasteiger partial charge on any atom is 0.191 e. The molecular formula is C21H25FN6O. The lowest BCUT2D eigenvalue weighted by atomic mass is 10.2. The lowest BCUT2D eigenvalue weighted by Crippen LogP contribution is -2.41. The van der Waals surface area contributed by atoms with Gasteiger partial charge in [-0.1, -0.05) is 18.2 Å². The highest BCUT2D eigenvalue weighted by Crippen LogP contribution is 2.13. The predicted octanol–water partition coefficient (Wildman–Crippen LogP) is 2.93. The Morgan fingerprint density at radius 3 is 2.72 bits per heavy atom. The van der Waals surface area contributed by atoms with Crippen LogP contribution in [0.1, 0.15) is 19.4 Å². The third kappa shape index (κ3) is 6.31. The Kier molecular flexibility index (Phi) is 7.16. The summed E-state index contributed by atoms with van der Waals surface area (Å²) in [6.07, 6.45) is 3.02. The fourth-order valence-corrected chi connectivity index (χ4v) is 2.66. The van der Waals surface area contributed by atoms with Crippen molar-refractivity contribution in [2.75, 3.05) is 13.1 Å². The van der Waals surface area contributed by atoms with E-state index in [2.05, 4.69) is 25.7 Å². The van der Waals surface area contributed by atoms with Crippen LogP contribution in [0.25, 0.3) is 5.69 Å². The standard InChI is InChI=1S/C21H25FN6O/c1-3-24-21(25-12-16(2)29-20-6-4-5-18(22)11-20)26-13-17-7-9-19(10-8-17)28-15-23-14-27-28/h4-11,14-16H,3,12-13H2,1-2H3,(H2,24,25,26). The quantitative estimate of drug-likeness (QED) is 0.452. The molecule has 2 aromatic carbocycles. The summed E-state index contributed by atoms with van der Waals surface area (Å²) in [7, 11) is 0. The highest BCUT2D eigenvalue weighted by atomic mass is 19.1. The summed E-state index contributed by atoms with van der Waals surface area (Å²) in [5.74, 6) is 0.892. The minimum Gasteiger partial charge on any atom is -0.489 e. The van der Waals surface area contributed by atoms with Gasteiger partial charge in [0.1, 0.15) is 30.3 Å². The van der Waals surface area contributed by atoms with Crippen LogP contribution in [0.2, 0.25) is 0 Å². The number of benzene rings is 2. The maximum atomic E-state index is 13.3. The van der Waals surface area contributed by atoms with Crippen molar-refractivity contribution in [2.24, 2.45) is 4.99 Å². The maximum absolute atomic E-state index is 13.3. The summed E-state index contributed by atoms with van der Waals surface area (Å²) in [4.78, 5) is 8.56. The Morgan fingerprint density at radius 2 is 2.03 bits per heavy atom. The molecule has 1 unspecified atom stereocenters. The van der Waals surface area contributed by atoms with Crippen LogP contribution in [0.5, 0.6) is 5.75 Å². The van der Waals surface area contributed by atoms with Crippen molar-refractivity contribution >= 4 is 5.96 Å². The second kappa shape index (κ2) is 10.2. The van der Waals surface area contributed by atoms with Crippen molar-refractivity contribution in [3.8, 4) is 11.4 Å². The van der Waals surface area contributed by atoms with E-state index in [-0.39, 0.29) is 11.9 Å². The number of guanidine groups is 1. The van der Waals surface area contributed by atoms with Crippen LogP contribution in [0.4, 0.5) is 4.39 Å². The number of ether oxygens (including phenoxy) is 1. The lowest BCUT2D eigenvalue weighted by molar-refractivity contribution is 0.223. The minimum atomic E-state index is -0.313. The van der Waals surface area contributed by atoms with E-state index in [1.165, 1.54) is 18.5 Å². The molecule has 0 saturated heterocycles. The van der Waals surface area contributed by atoms with Crippen molar-refractivity contribution in [2.45, 2.75) is 26.5 Å². The molecule has 0 aliphatic carbocycles. The van der Waals surface area contributed by atoms with Crippen LogP contribution in [0.3, 0.4) is 0 Å². The largest absolute Gasteiger partial charge is 0.489 e. The SMILES string of the molecule is CCNC(=NCc1ccc(-n2cncn2)cc1)NCC(C)Oc1cccc(F)c1. The lowest BCUT2D eigenvalue weighted by Gasteiger charge is -2.17. The molecule has 7 nitrogen and oxygen atoms in total. The summed E-state index contributed by atoms with van der Waals surface area (Å²) in [6, 6.07) is 14.1.